The third-order valence-corrected chi connectivity index (χ3v) is 7.05. The molecule has 0 fully saturated rings. The van der Waals surface area contributed by atoms with Gasteiger partial charge in [-0.1, -0.05) is 68.8 Å². The number of nitrogens with one attached hydrogen (secondary N) is 1. The molecule has 1 amide bonds. The molecule has 5 rings (SSSR count). The molecule has 1 aliphatic rings. The number of unbranched alkanes of at least 4 members (excludes halogenated alkanes) is 1. The van der Waals surface area contributed by atoms with Crippen LogP contribution >= 0.6 is 0 Å². The van der Waals surface area contributed by atoms with Crippen LogP contribution in [0.1, 0.15) is 61.9 Å². The van der Waals surface area contributed by atoms with E-state index in [1.54, 1.807) is 6.92 Å². The number of benzene rings is 2. The molecule has 0 saturated carbocycles. The number of carbonyl (C=O) groups is 2. The Balaban J connectivity index is 1.51. The van der Waals surface area contributed by atoms with Gasteiger partial charge in [-0.3, -0.25) is 4.79 Å². The Bertz CT molecular complexity index is 1430. The molecule has 4 aromatic rings. The van der Waals surface area contributed by atoms with Gasteiger partial charge in [0.25, 0.3) is 0 Å². The number of nitrogens with zero attached hydrogens (tertiary/aromatic N) is 6. The van der Waals surface area contributed by atoms with Crippen LogP contribution < -0.4 is 0 Å². The van der Waals surface area contributed by atoms with Gasteiger partial charge >= 0.3 is 5.97 Å². The smallest absolute Gasteiger partial charge is 0.332 e. The van der Waals surface area contributed by atoms with E-state index in [1.807, 2.05) is 53.1 Å². The van der Waals surface area contributed by atoms with Gasteiger partial charge in [0.05, 0.1) is 11.4 Å². The number of hydrogen-bond acceptors (Lipinski definition) is 6. The van der Waals surface area contributed by atoms with Gasteiger partial charge in [0.1, 0.15) is 5.82 Å². The minimum Gasteiger partial charge on any atom is -0.479 e. The molecule has 2 N–H and O–H groups in total. The number of H-pyrrole nitrogens is 1. The number of rotatable bonds is 9. The zero-order chi connectivity index (χ0) is 26.6. The summed E-state index contributed by atoms with van der Waals surface area (Å²) in [6.07, 6.45) is 3.55. The van der Waals surface area contributed by atoms with E-state index in [4.69, 9.17) is 4.98 Å². The molecule has 38 heavy (non-hydrogen) atoms. The van der Waals surface area contributed by atoms with Crippen molar-refractivity contribution in [3.05, 3.63) is 71.3 Å². The first-order valence-corrected chi connectivity index (χ1v) is 13.0. The highest BCUT2D eigenvalue weighted by Gasteiger charge is 2.39. The highest BCUT2D eigenvalue weighted by molar-refractivity contribution is 5.85. The van der Waals surface area contributed by atoms with Crippen molar-refractivity contribution in [2.24, 2.45) is 0 Å². The third-order valence-electron chi connectivity index (χ3n) is 7.05. The van der Waals surface area contributed by atoms with Crippen molar-refractivity contribution in [2.75, 3.05) is 6.54 Å². The molecule has 2 aromatic carbocycles. The number of fused-ring (bicyclic) bond motifs is 1. The molecule has 1 unspecified atom stereocenters. The number of carboxylic acids is 1. The first-order valence-electron chi connectivity index (χ1n) is 13.0. The molecular weight excluding hydrogens is 482 g/mol. The Morgan fingerprint density at radius 2 is 1.84 bits per heavy atom. The van der Waals surface area contributed by atoms with Gasteiger partial charge in [0.2, 0.25) is 11.7 Å². The van der Waals surface area contributed by atoms with Gasteiger partial charge < -0.3 is 14.6 Å². The van der Waals surface area contributed by atoms with Crippen LogP contribution in [0, 0.1) is 0 Å². The van der Waals surface area contributed by atoms with Crippen LogP contribution in [0.25, 0.3) is 22.5 Å². The largest absolute Gasteiger partial charge is 0.479 e. The number of aryl methyl sites for hydroxylation is 1. The Morgan fingerprint density at radius 1 is 1.08 bits per heavy atom. The van der Waals surface area contributed by atoms with Crippen molar-refractivity contribution in [1.82, 2.24) is 35.1 Å². The Hall–Kier alpha value is -4.34. The zero-order valence-electron chi connectivity index (χ0n) is 21.6. The standard InChI is InChI=1S/C28H31N7O3/c1-3-5-10-23-29-22-15-16-34(24(36)4-2)26(28(37)38)25(22)35(23)17-18-11-13-19(14-12-18)20-8-6-7-9-21(20)27-30-32-33-31-27/h6-9,11-14,26H,3-5,10,15-17H2,1-2H3,(H,37,38)(H,30,31,32,33). The number of carbonyl (C=O) groups excluding carboxylic acids is 1. The lowest BCUT2D eigenvalue weighted by atomic mass is 9.98. The highest BCUT2D eigenvalue weighted by atomic mass is 16.4. The lowest BCUT2D eigenvalue weighted by Crippen LogP contribution is -2.44. The van der Waals surface area contributed by atoms with E-state index >= 15 is 0 Å². The van der Waals surface area contributed by atoms with Crippen LogP contribution in [-0.2, 0) is 29.0 Å². The SMILES string of the molecule is CCCCc1nc2c(n1Cc1ccc(-c3ccccc3-c3nn[nH]n3)cc1)C(C(=O)O)N(C(=O)CC)CC2. The molecule has 196 valence electrons. The van der Waals surface area contributed by atoms with Gasteiger partial charge in [-0.2, -0.15) is 5.21 Å². The maximum Gasteiger partial charge on any atom is 0.332 e. The maximum absolute atomic E-state index is 12.6. The number of tetrazole rings is 1. The second kappa shape index (κ2) is 11.0. The summed E-state index contributed by atoms with van der Waals surface area (Å²) < 4.78 is 2.03. The van der Waals surface area contributed by atoms with Crippen molar-refractivity contribution in [3.8, 4) is 22.5 Å². The summed E-state index contributed by atoms with van der Waals surface area (Å²) in [5, 5.41) is 24.6. The molecule has 1 aliphatic heterocycles. The molecule has 0 saturated heterocycles. The van der Waals surface area contributed by atoms with Gasteiger partial charge in [-0.15, -0.1) is 10.2 Å². The van der Waals surface area contributed by atoms with E-state index in [-0.39, 0.29) is 12.3 Å². The fraction of sp³-hybridized carbons (Fsp3) is 0.357. The monoisotopic (exact) mass is 513 g/mol. The van der Waals surface area contributed by atoms with E-state index in [1.165, 1.54) is 4.90 Å². The molecule has 0 bridgehead atoms. The van der Waals surface area contributed by atoms with Gasteiger partial charge in [-0.05, 0) is 28.3 Å². The topological polar surface area (TPSA) is 130 Å². The van der Waals surface area contributed by atoms with Crippen LogP contribution in [0.4, 0.5) is 0 Å². The Kier molecular flexibility index (Phi) is 7.30. The maximum atomic E-state index is 12.6. The number of aliphatic carboxylic acids is 1. The summed E-state index contributed by atoms with van der Waals surface area (Å²) in [5.74, 6) is 0.224. The lowest BCUT2D eigenvalue weighted by molar-refractivity contribution is -0.151. The zero-order valence-corrected chi connectivity index (χ0v) is 21.6. The molecule has 0 radical (unpaired) electrons. The number of imidazole rings is 1. The predicted octanol–water partition coefficient (Wildman–Crippen LogP) is 4.04. The predicted molar refractivity (Wildman–Crippen MR) is 141 cm³/mol. The van der Waals surface area contributed by atoms with Crippen LogP contribution in [0.3, 0.4) is 0 Å². The van der Waals surface area contributed by atoms with Crippen molar-refractivity contribution < 1.29 is 14.7 Å². The fourth-order valence-corrected chi connectivity index (χ4v) is 5.16. The number of aromatic nitrogens is 6. The second-order valence-electron chi connectivity index (χ2n) is 9.46. The van der Waals surface area contributed by atoms with Crippen LogP contribution in [0.15, 0.2) is 48.5 Å². The van der Waals surface area contributed by atoms with Crippen LogP contribution in [0.5, 0.6) is 0 Å². The van der Waals surface area contributed by atoms with Crippen LogP contribution in [0.2, 0.25) is 0 Å². The molecule has 0 spiro atoms. The molecule has 10 nitrogen and oxygen atoms in total. The summed E-state index contributed by atoms with van der Waals surface area (Å²) in [6.45, 7) is 4.74. The number of carboxylic acid groups (broad SMARTS) is 1. The first-order chi connectivity index (χ1) is 18.5. The normalized spacial score (nSPS) is 14.9. The van der Waals surface area contributed by atoms with Gasteiger partial charge in [-0.25, -0.2) is 9.78 Å². The fourth-order valence-electron chi connectivity index (χ4n) is 5.16. The van der Waals surface area contributed by atoms with Crippen molar-refractivity contribution in [1.29, 1.82) is 0 Å². The summed E-state index contributed by atoms with van der Waals surface area (Å²) in [6, 6.07) is 15.0. The van der Waals surface area contributed by atoms with E-state index < -0.39 is 12.0 Å². The van der Waals surface area contributed by atoms with Crippen molar-refractivity contribution in [3.63, 3.8) is 0 Å². The van der Waals surface area contributed by atoms with E-state index in [9.17, 15) is 14.7 Å². The van der Waals surface area contributed by atoms with Crippen LogP contribution in [-0.4, -0.2) is 58.6 Å². The average Bonchev–Trinajstić information content (AvgIpc) is 3.60. The molecule has 1 atom stereocenters. The Labute approximate surface area is 220 Å². The second-order valence-corrected chi connectivity index (χ2v) is 9.46. The highest BCUT2D eigenvalue weighted by Crippen LogP contribution is 2.34. The number of hydrogen-bond donors (Lipinski definition) is 2. The molecule has 10 heteroatoms. The van der Waals surface area contributed by atoms with E-state index in [2.05, 4.69) is 27.5 Å². The first kappa shape index (κ1) is 25.3. The van der Waals surface area contributed by atoms with E-state index in [0.717, 1.165) is 53.0 Å². The molecule has 2 aromatic heterocycles. The summed E-state index contributed by atoms with van der Waals surface area (Å²) >= 11 is 0. The summed E-state index contributed by atoms with van der Waals surface area (Å²) in [4.78, 5) is 31.5. The third kappa shape index (κ3) is 4.81. The quantitative estimate of drug-likeness (QED) is 0.345. The number of aromatic amines is 1. The summed E-state index contributed by atoms with van der Waals surface area (Å²) in [5.41, 5.74) is 5.31. The van der Waals surface area contributed by atoms with Gasteiger partial charge in [0.15, 0.2) is 6.04 Å². The average molecular weight is 514 g/mol. The van der Waals surface area contributed by atoms with Crippen molar-refractivity contribution in [2.45, 2.75) is 58.5 Å². The molecule has 3 heterocycles. The minimum atomic E-state index is -1.03. The van der Waals surface area contributed by atoms with Gasteiger partial charge in [0, 0.05) is 37.9 Å². The summed E-state index contributed by atoms with van der Waals surface area (Å²) in [7, 11) is 0. The van der Waals surface area contributed by atoms with Crippen molar-refractivity contribution >= 4 is 11.9 Å². The number of amides is 1. The lowest BCUT2D eigenvalue weighted by Gasteiger charge is -2.33. The minimum absolute atomic E-state index is 0.157. The van der Waals surface area contributed by atoms with E-state index in [0.29, 0.717) is 31.0 Å². The molecule has 0 aliphatic carbocycles. The molecular formula is C28H31N7O3. The Morgan fingerprint density at radius 3 is 2.50 bits per heavy atom.